The van der Waals surface area contributed by atoms with Crippen molar-refractivity contribution >= 4 is 16.9 Å². The highest BCUT2D eigenvalue weighted by molar-refractivity contribution is 8.14. The van der Waals surface area contributed by atoms with Gasteiger partial charge in [0.15, 0.2) is 5.17 Å². The molecule has 6 heteroatoms. The van der Waals surface area contributed by atoms with Crippen molar-refractivity contribution < 1.29 is 13.2 Å². The predicted octanol–water partition coefficient (Wildman–Crippen LogP) is 1.92. The van der Waals surface area contributed by atoms with Gasteiger partial charge in [0.2, 0.25) is 0 Å². The van der Waals surface area contributed by atoms with Crippen molar-refractivity contribution in [2.75, 3.05) is 18.8 Å². The van der Waals surface area contributed by atoms with Gasteiger partial charge < -0.3 is 4.90 Å². The number of alkyl halides is 3. The second kappa shape index (κ2) is 3.55. The Bertz CT molecular complexity index is 180. The zero-order chi connectivity index (χ0) is 9.19. The number of nitrogens with zero attached hydrogens (tertiary/aromatic N) is 1. The van der Waals surface area contributed by atoms with Gasteiger partial charge in [-0.2, -0.15) is 13.2 Å². The molecule has 0 aromatic heterocycles. The summed E-state index contributed by atoms with van der Waals surface area (Å²) in [6, 6.07) is 0. The zero-order valence-corrected chi connectivity index (χ0v) is 7.13. The number of amidine groups is 1. The van der Waals surface area contributed by atoms with Crippen molar-refractivity contribution in [3.8, 4) is 0 Å². The number of hydrogen-bond acceptors (Lipinski definition) is 2. The first-order valence-corrected chi connectivity index (χ1v) is 4.50. The van der Waals surface area contributed by atoms with Gasteiger partial charge in [-0.25, -0.2) is 0 Å². The number of halogens is 3. The van der Waals surface area contributed by atoms with Crippen molar-refractivity contribution in [3.63, 3.8) is 0 Å². The minimum atomic E-state index is -4.10. The highest BCUT2D eigenvalue weighted by Gasteiger charge is 2.29. The molecule has 0 aromatic carbocycles. The van der Waals surface area contributed by atoms with Crippen LogP contribution in [0.3, 0.4) is 0 Å². The Kier molecular flexibility index (Phi) is 2.87. The topological polar surface area (TPSA) is 27.1 Å². The van der Waals surface area contributed by atoms with Gasteiger partial charge in [-0.3, -0.25) is 5.41 Å². The fourth-order valence-electron chi connectivity index (χ4n) is 0.920. The summed E-state index contributed by atoms with van der Waals surface area (Å²) >= 11 is 1.30. The Morgan fingerprint density at radius 2 is 2.17 bits per heavy atom. The molecule has 2 nitrogen and oxygen atoms in total. The Morgan fingerprint density at radius 1 is 1.50 bits per heavy atom. The van der Waals surface area contributed by atoms with E-state index in [-0.39, 0.29) is 11.7 Å². The predicted molar refractivity (Wildman–Crippen MR) is 42.4 cm³/mol. The third-order valence-electron chi connectivity index (χ3n) is 1.55. The van der Waals surface area contributed by atoms with E-state index in [9.17, 15) is 13.2 Å². The van der Waals surface area contributed by atoms with Gasteiger partial charge in [0.05, 0.1) is 6.42 Å². The molecule has 0 amide bonds. The maximum Gasteiger partial charge on any atom is 0.390 e. The molecule has 1 saturated heterocycles. The molecule has 0 radical (unpaired) electrons. The van der Waals surface area contributed by atoms with Gasteiger partial charge in [0, 0.05) is 18.8 Å². The normalized spacial score (nSPS) is 18.9. The lowest BCUT2D eigenvalue weighted by molar-refractivity contribution is -0.135. The van der Waals surface area contributed by atoms with Crippen LogP contribution in [0.15, 0.2) is 0 Å². The molecule has 1 aliphatic heterocycles. The molecule has 0 aliphatic carbocycles. The van der Waals surface area contributed by atoms with E-state index in [2.05, 4.69) is 0 Å². The highest BCUT2D eigenvalue weighted by atomic mass is 32.2. The first kappa shape index (κ1) is 9.70. The van der Waals surface area contributed by atoms with E-state index < -0.39 is 12.6 Å². The largest absolute Gasteiger partial charge is 0.390 e. The molecule has 1 fully saturated rings. The minimum Gasteiger partial charge on any atom is -0.350 e. The quantitative estimate of drug-likeness (QED) is 0.734. The van der Waals surface area contributed by atoms with Crippen LogP contribution in [0.2, 0.25) is 0 Å². The van der Waals surface area contributed by atoms with Gasteiger partial charge >= 0.3 is 6.18 Å². The van der Waals surface area contributed by atoms with Gasteiger partial charge in [-0.1, -0.05) is 11.8 Å². The third-order valence-corrected chi connectivity index (χ3v) is 2.47. The molecule has 0 unspecified atom stereocenters. The van der Waals surface area contributed by atoms with Crippen LogP contribution in [-0.4, -0.2) is 35.1 Å². The van der Waals surface area contributed by atoms with Gasteiger partial charge in [-0.05, 0) is 0 Å². The second-order valence-corrected chi connectivity index (χ2v) is 3.59. The van der Waals surface area contributed by atoms with Crippen molar-refractivity contribution in [1.29, 1.82) is 5.41 Å². The van der Waals surface area contributed by atoms with Crippen molar-refractivity contribution in [2.24, 2.45) is 0 Å². The van der Waals surface area contributed by atoms with E-state index in [1.165, 1.54) is 16.7 Å². The van der Waals surface area contributed by atoms with E-state index in [0.717, 1.165) is 5.75 Å². The SMILES string of the molecule is N=C1SCCN1CCC(F)(F)F. The Labute approximate surface area is 72.6 Å². The Morgan fingerprint density at radius 3 is 2.58 bits per heavy atom. The van der Waals surface area contributed by atoms with E-state index >= 15 is 0 Å². The molecule has 0 bridgehead atoms. The monoisotopic (exact) mass is 198 g/mol. The molecule has 1 heterocycles. The number of nitrogens with one attached hydrogen (secondary N) is 1. The van der Waals surface area contributed by atoms with Crippen LogP contribution in [0.4, 0.5) is 13.2 Å². The standard InChI is InChI=1S/C6H9F3N2S/c7-6(8,9)1-2-11-3-4-12-5(11)10/h10H,1-4H2. The summed E-state index contributed by atoms with van der Waals surface area (Å²) in [6.45, 7) is 0.495. The van der Waals surface area contributed by atoms with E-state index in [1.54, 1.807) is 0 Å². The third kappa shape index (κ3) is 2.92. The molecule has 0 saturated carbocycles. The summed E-state index contributed by atoms with van der Waals surface area (Å²) in [7, 11) is 0. The van der Waals surface area contributed by atoms with Crippen LogP contribution in [-0.2, 0) is 0 Å². The van der Waals surface area contributed by atoms with Crippen LogP contribution < -0.4 is 0 Å². The average Bonchev–Trinajstić information content (AvgIpc) is 2.29. The molecule has 70 valence electrons. The van der Waals surface area contributed by atoms with Crippen molar-refractivity contribution in [3.05, 3.63) is 0 Å². The molecule has 0 atom stereocenters. The maximum atomic E-state index is 11.7. The van der Waals surface area contributed by atoms with Crippen LogP contribution in [0.5, 0.6) is 0 Å². The molecular formula is C6H9F3N2S. The lowest BCUT2D eigenvalue weighted by Crippen LogP contribution is -2.28. The van der Waals surface area contributed by atoms with Gasteiger partial charge in [-0.15, -0.1) is 0 Å². The van der Waals surface area contributed by atoms with Crippen molar-refractivity contribution in [1.82, 2.24) is 4.90 Å². The van der Waals surface area contributed by atoms with E-state index in [0.29, 0.717) is 6.54 Å². The fraction of sp³-hybridized carbons (Fsp3) is 0.833. The van der Waals surface area contributed by atoms with Gasteiger partial charge in [0.1, 0.15) is 0 Å². The Hall–Kier alpha value is -0.390. The number of hydrogen-bond donors (Lipinski definition) is 1. The number of rotatable bonds is 2. The van der Waals surface area contributed by atoms with E-state index in [4.69, 9.17) is 5.41 Å². The van der Waals surface area contributed by atoms with E-state index in [1.807, 2.05) is 0 Å². The molecule has 1 rings (SSSR count). The minimum absolute atomic E-state index is 0.0741. The lowest BCUT2D eigenvalue weighted by atomic mass is 10.4. The zero-order valence-electron chi connectivity index (χ0n) is 6.32. The molecule has 1 N–H and O–H groups in total. The van der Waals surface area contributed by atoms with Crippen LogP contribution in [0, 0.1) is 5.41 Å². The molecule has 0 spiro atoms. The fourth-order valence-corrected chi connectivity index (χ4v) is 1.79. The molecule has 0 aromatic rings. The Balaban J connectivity index is 2.27. The lowest BCUT2D eigenvalue weighted by Gasteiger charge is -2.17. The van der Waals surface area contributed by atoms with Crippen LogP contribution in [0.1, 0.15) is 6.42 Å². The van der Waals surface area contributed by atoms with Crippen molar-refractivity contribution in [2.45, 2.75) is 12.6 Å². The summed E-state index contributed by atoms with van der Waals surface area (Å²) in [4.78, 5) is 1.46. The second-order valence-electron chi connectivity index (χ2n) is 2.51. The first-order valence-electron chi connectivity index (χ1n) is 3.52. The molecule has 1 aliphatic rings. The first-order chi connectivity index (χ1) is 5.49. The molecule has 12 heavy (non-hydrogen) atoms. The van der Waals surface area contributed by atoms with Crippen LogP contribution >= 0.6 is 11.8 Å². The summed E-state index contributed by atoms with van der Waals surface area (Å²) < 4.78 is 35.2. The maximum absolute atomic E-state index is 11.7. The average molecular weight is 198 g/mol. The summed E-state index contributed by atoms with van der Waals surface area (Å²) in [5.41, 5.74) is 0. The molecular weight excluding hydrogens is 189 g/mol. The number of thioether (sulfide) groups is 1. The highest BCUT2D eigenvalue weighted by Crippen LogP contribution is 2.22. The summed E-state index contributed by atoms with van der Waals surface area (Å²) in [5.74, 6) is 0.733. The smallest absolute Gasteiger partial charge is 0.350 e. The summed E-state index contributed by atoms with van der Waals surface area (Å²) in [6.07, 6.45) is -4.93. The van der Waals surface area contributed by atoms with Crippen LogP contribution in [0.25, 0.3) is 0 Å². The van der Waals surface area contributed by atoms with Gasteiger partial charge in [0.25, 0.3) is 0 Å². The summed E-state index contributed by atoms with van der Waals surface area (Å²) in [5, 5.41) is 7.50.